The summed E-state index contributed by atoms with van der Waals surface area (Å²) in [4.78, 5) is 0. The summed E-state index contributed by atoms with van der Waals surface area (Å²) in [5, 5.41) is 3.48. The van der Waals surface area contributed by atoms with Crippen LogP contribution >= 0.6 is 0 Å². The zero-order chi connectivity index (χ0) is 15.2. The van der Waals surface area contributed by atoms with Gasteiger partial charge in [-0.3, -0.25) is 0 Å². The number of methoxy groups -OCH3 is 1. The van der Waals surface area contributed by atoms with Gasteiger partial charge in [-0.1, -0.05) is 43.3 Å². The fraction of sp³-hybridized carbons (Fsp3) is 0.368. The van der Waals surface area contributed by atoms with Crippen LogP contribution in [0.25, 0.3) is 11.1 Å². The van der Waals surface area contributed by atoms with Crippen molar-refractivity contribution in [3.63, 3.8) is 0 Å². The summed E-state index contributed by atoms with van der Waals surface area (Å²) >= 11 is 0. The molecule has 0 aliphatic rings. The van der Waals surface area contributed by atoms with Gasteiger partial charge in [0, 0.05) is 12.1 Å². The molecule has 0 aliphatic heterocycles. The van der Waals surface area contributed by atoms with Crippen molar-refractivity contribution in [1.29, 1.82) is 0 Å². The monoisotopic (exact) mass is 283 g/mol. The van der Waals surface area contributed by atoms with Gasteiger partial charge in [-0.05, 0) is 49.1 Å². The first kappa shape index (κ1) is 15.6. The molecule has 0 radical (unpaired) electrons. The number of aryl methyl sites for hydroxylation is 1. The molecular formula is C19H25NO. The second kappa shape index (κ2) is 7.28. The molecule has 2 heteroatoms. The van der Waals surface area contributed by atoms with Gasteiger partial charge in [-0.2, -0.15) is 0 Å². The minimum atomic E-state index is 0.889. The van der Waals surface area contributed by atoms with Crippen LogP contribution in [-0.4, -0.2) is 13.7 Å². The number of rotatable bonds is 6. The maximum Gasteiger partial charge on any atom is 0.129 e. The molecule has 0 fully saturated rings. The van der Waals surface area contributed by atoms with Gasteiger partial charge in [0.15, 0.2) is 0 Å². The van der Waals surface area contributed by atoms with E-state index in [1.807, 2.05) is 0 Å². The lowest BCUT2D eigenvalue weighted by Crippen LogP contribution is -2.14. The van der Waals surface area contributed by atoms with Crippen molar-refractivity contribution in [2.75, 3.05) is 13.7 Å². The molecule has 2 aromatic carbocycles. The van der Waals surface area contributed by atoms with Crippen LogP contribution in [0.3, 0.4) is 0 Å². The second-order valence-electron chi connectivity index (χ2n) is 5.42. The van der Waals surface area contributed by atoms with Gasteiger partial charge in [0.1, 0.15) is 5.75 Å². The molecule has 0 spiro atoms. The van der Waals surface area contributed by atoms with E-state index in [1.54, 1.807) is 7.11 Å². The molecule has 0 aromatic heterocycles. The Bertz CT molecular complexity index is 605. The Labute approximate surface area is 128 Å². The molecule has 0 atom stereocenters. The third kappa shape index (κ3) is 3.45. The quantitative estimate of drug-likeness (QED) is 0.789. The third-order valence-corrected chi connectivity index (χ3v) is 3.93. The summed E-state index contributed by atoms with van der Waals surface area (Å²) in [5.74, 6) is 0.984. The summed E-state index contributed by atoms with van der Waals surface area (Å²) in [6.07, 6.45) is 1.15. The summed E-state index contributed by atoms with van der Waals surface area (Å²) < 4.78 is 5.67. The van der Waals surface area contributed by atoms with Gasteiger partial charge in [-0.15, -0.1) is 0 Å². The lowest BCUT2D eigenvalue weighted by molar-refractivity contribution is 0.413. The Morgan fingerprint density at radius 3 is 2.48 bits per heavy atom. The maximum atomic E-state index is 5.67. The summed E-state index contributed by atoms with van der Waals surface area (Å²) in [5.41, 5.74) is 6.21. The molecule has 1 N–H and O–H groups in total. The minimum Gasteiger partial charge on any atom is -0.496 e. The Morgan fingerprint density at radius 1 is 1.00 bits per heavy atom. The lowest BCUT2D eigenvalue weighted by atomic mass is 9.95. The van der Waals surface area contributed by atoms with Crippen molar-refractivity contribution in [1.82, 2.24) is 5.32 Å². The van der Waals surface area contributed by atoms with Crippen molar-refractivity contribution in [3.8, 4) is 16.9 Å². The Morgan fingerprint density at radius 2 is 1.76 bits per heavy atom. The molecule has 0 saturated carbocycles. The van der Waals surface area contributed by atoms with Gasteiger partial charge in [0.25, 0.3) is 0 Å². The van der Waals surface area contributed by atoms with Gasteiger partial charge < -0.3 is 10.1 Å². The number of nitrogens with one attached hydrogen (secondary N) is 1. The first-order chi connectivity index (χ1) is 10.2. The van der Waals surface area contributed by atoms with Gasteiger partial charge in [0.05, 0.1) is 7.11 Å². The second-order valence-corrected chi connectivity index (χ2v) is 5.42. The highest BCUT2D eigenvalue weighted by Crippen LogP contribution is 2.36. The Hall–Kier alpha value is -1.80. The first-order valence-corrected chi connectivity index (χ1v) is 7.62. The van der Waals surface area contributed by atoms with Crippen molar-refractivity contribution in [2.24, 2.45) is 0 Å². The van der Waals surface area contributed by atoms with Gasteiger partial charge in [0.2, 0.25) is 0 Å². The predicted molar refractivity (Wildman–Crippen MR) is 89.9 cm³/mol. The van der Waals surface area contributed by atoms with Gasteiger partial charge >= 0.3 is 0 Å². The third-order valence-electron chi connectivity index (χ3n) is 3.93. The predicted octanol–water partition coefficient (Wildman–Crippen LogP) is 4.48. The molecule has 0 saturated heterocycles. The van der Waals surface area contributed by atoms with Crippen LogP contribution in [0, 0.1) is 13.8 Å². The number of ether oxygens (including phenoxy) is 1. The summed E-state index contributed by atoms with van der Waals surface area (Å²) in [6, 6.07) is 12.9. The number of benzene rings is 2. The van der Waals surface area contributed by atoms with E-state index >= 15 is 0 Å². The summed E-state index contributed by atoms with van der Waals surface area (Å²) in [6.45, 7) is 8.36. The molecule has 21 heavy (non-hydrogen) atoms. The zero-order valence-corrected chi connectivity index (χ0v) is 13.5. The highest BCUT2D eigenvalue weighted by molar-refractivity contribution is 5.75. The van der Waals surface area contributed by atoms with E-state index < -0.39 is 0 Å². The van der Waals surface area contributed by atoms with E-state index in [0.29, 0.717) is 0 Å². The van der Waals surface area contributed by atoms with Crippen molar-refractivity contribution in [2.45, 2.75) is 33.7 Å². The molecule has 0 amide bonds. The maximum absolute atomic E-state index is 5.67. The molecular weight excluding hydrogens is 258 g/mol. The first-order valence-electron chi connectivity index (χ1n) is 7.62. The van der Waals surface area contributed by atoms with Crippen molar-refractivity contribution >= 4 is 0 Å². The molecule has 2 nitrogen and oxygen atoms in total. The molecule has 0 unspecified atom stereocenters. The van der Waals surface area contributed by atoms with Crippen LogP contribution in [0.4, 0.5) is 0 Å². The average molecular weight is 283 g/mol. The van der Waals surface area contributed by atoms with Crippen LogP contribution in [0.2, 0.25) is 0 Å². The normalized spacial score (nSPS) is 10.7. The van der Waals surface area contributed by atoms with Gasteiger partial charge in [-0.25, -0.2) is 0 Å². The van der Waals surface area contributed by atoms with E-state index in [9.17, 15) is 0 Å². The molecule has 112 valence electrons. The number of hydrogen-bond acceptors (Lipinski definition) is 2. The standard InChI is InChI=1S/C19H25NO/c1-5-12-20-13-16-8-6-7-9-17(16)18-11-10-14(2)15(3)19(18)21-4/h6-11,20H,5,12-13H2,1-4H3. The zero-order valence-electron chi connectivity index (χ0n) is 13.5. The van der Waals surface area contributed by atoms with E-state index in [2.05, 4.69) is 62.5 Å². The van der Waals surface area contributed by atoms with Crippen molar-refractivity contribution < 1.29 is 4.74 Å². The molecule has 2 rings (SSSR count). The molecule has 0 bridgehead atoms. The van der Waals surface area contributed by atoms with E-state index in [4.69, 9.17) is 4.74 Å². The molecule has 0 heterocycles. The minimum absolute atomic E-state index is 0.889. The van der Waals surface area contributed by atoms with Crippen LogP contribution in [0.5, 0.6) is 5.75 Å². The van der Waals surface area contributed by atoms with Crippen molar-refractivity contribution in [3.05, 3.63) is 53.1 Å². The summed E-state index contributed by atoms with van der Waals surface area (Å²) in [7, 11) is 1.75. The molecule has 0 aliphatic carbocycles. The highest BCUT2D eigenvalue weighted by Gasteiger charge is 2.13. The Kier molecular flexibility index (Phi) is 5.40. The van der Waals surface area contributed by atoms with Crippen LogP contribution in [-0.2, 0) is 6.54 Å². The smallest absolute Gasteiger partial charge is 0.129 e. The number of hydrogen-bond donors (Lipinski definition) is 1. The largest absolute Gasteiger partial charge is 0.496 e. The SMILES string of the molecule is CCCNCc1ccccc1-c1ccc(C)c(C)c1OC. The van der Waals surface area contributed by atoms with E-state index in [0.717, 1.165) is 25.3 Å². The fourth-order valence-electron chi connectivity index (χ4n) is 2.60. The highest BCUT2D eigenvalue weighted by atomic mass is 16.5. The Balaban J connectivity index is 2.44. The van der Waals surface area contributed by atoms with Crippen LogP contribution < -0.4 is 10.1 Å². The fourth-order valence-corrected chi connectivity index (χ4v) is 2.60. The molecule has 2 aromatic rings. The average Bonchev–Trinajstić information content (AvgIpc) is 2.51. The van der Waals surface area contributed by atoms with Crippen LogP contribution in [0.15, 0.2) is 36.4 Å². The lowest BCUT2D eigenvalue weighted by Gasteiger charge is -2.16. The topological polar surface area (TPSA) is 21.3 Å². The van der Waals surface area contributed by atoms with E-state index in [1.165, 1.54) is 27.8 Å². The van der Waals surface area contributed by atoms with Crippen LogP contribution in [0.1, 0.15) is 30.0 Å². The van der Waals surface area contributed by atoms with E-state index in [-0.39, 0.29) is 0 Å².